The van der Waals surface area contributed by atoms with E-state index in [4.69, 9.17) is 10.2 Å². The highest BCUT2D eigenvalue weighted by molar-refractivity contribution is 9.10. The first-order valence-electron chi connectivity index (χ1n) is 6.02. The van der Waals surface area contributed by atoms with E-state index >= 15 is 0 Å². The number of anilines is 1. The average molecular weight is 321 g/mol. The van der Waals surface area contributed by atoms with Gasteiger partial charge in [0.2, 0.25) is 11.8 Å². The van der Waals surface area contributed by atoms with E-state index in [0.717, 1.165) is 27.7 Å². The maximum Gasteiger partial charge on any atom is 0.214 e. The molecule has 3 aromatic rings. The largest absolute Gasteiger partial charge is 0.444 e. The molecular weight excluding hydrogens is 308 g/mol. The van der Waals surface area contributed by atoms with E-state index in [2.05, 4.69) is 25.9 Å². The van der Waals surface area contributed by atoms with Crippen LogP contribution in [-0.4, -0.2) is 14.5 Å². The molecule has 0 saturated carbocycles. The third-order valence-electron chi connectivity index (χ3n) is 2.98. The predicted molar refractivity (Wildman–Crippen MR) is 76.8 cm³/mol. The number of hydrogen-bond acceptors (Lipinski definition) is 4. The molecule has 0 saturated heterocycles. The molecule has 2 aromatic heterocycles. The Morgan fingerprint density at radius 3 is 3.00 bits per heavy atom. The van der Waals surface area contributed by atoms with Gasteiger partial charge in [0.1, 0.15) is 12.3 Å². The second-order valence-electron chi connectivity index (χ2n) is 4.26. The fourth-order valence-corrected chi connectivity index (χ4v) is 2.35. The minimum absolute atomic E-state index is 0.462. The van der Waals surface area contributed by atoms with E-state index in [1.807, 2.05) is 29.7 Å². The number of rotatable bonds is 3. The van der Waals surface area contributed by atoms with E-state index < -0.39 is 0 Å². The summed E-state index contributed by atoms with van der Waals surface area (Å²) in [5.74, 6) is 1.98. The Morgan fingerprint density at radius 2 is 2.26 bits per heavy atom. The Labute approximate surface area is 118 Å². The van der Waals surface area contributed by atoms with E-state index in [1.165, 1.54) is 0 Å². The number of oxazole rings is 1. The summed E-state index contributed by atoms with van der Waals surface area (Å²) in [6, 6.07) is 5.86. The van der Waals surface area contributed by atoms with Crippen molar-refractivity contribution in [1.82, 2.24) is 14.5 Å². The van der Waals surface area contributed by atoms with Crippen molar-refractivity contribution in [3.63, 3.8) is 0 Å². The quantitative estimate of drug-likeness (QED) is 0.805. The van der Waals surface area contributed by atoms with Crippen LogP contribution in [0.1, 0.15) is 18.6 Å². The SMILES string of the molecule is CCc1cnc(Cn2c(N)nc3ccc(Br)cc32)o1. The number of fused-ring (bicyclic) bond motifs is 1. The lowest BCUT2D eigenvalue weighted by molar-refractivity contribution is 0.449. The minimum atomic E-state index is 0.462. The van der Waals surface area contributed by atoms with Gasteiger partial charge in [-0.25, -0.2) is 9.97 Å². The number of aromatic nitrogens is 3. The van der Waals surface area contributed by atoms with Crippen molar-refractivity contribution in [2.24, 2.45) is 0 Å². The first kappa shape index (κ1) is 12.2. The van der Waals surface area contributed by atoms with Gasteiger partial charge in [-0.1, -0.05) is 22.9 Å². The summed E-state index contributed by atoms with van der Waals surface area (Å²) in [6.45, 7) is 2.52. The molecule has 0 unspecified atom stereocenters. The maximum atomic E-state index is 5.96. The average Bonchev–Trinajstić information content (AvgIpc) is 2.96. The number of aryl methyl sites for hydroxylation is 1. The van der Waals surface area contributed by atoms with Crippen molar-refractivity contribution < 1.29 is 4.42 Å². The highest BCUT2D eigenvalue weighted by Crippen LogP contribution is 2.23. The van der Waals surface area contributed by atoms with Crippen molar-refractivity contribution in [3.8, 4) is 0 Å². The number of nitrogens with zero attached hydrogens (tertiary/aromatic N) is 3. The van der Waals surface area contributed by atoms with E-state index in [9.17, 15) is 0 Å². The molecule has 2 N–H and O–H groups in total. The van der Waals surface area contributed by atoms with Crippen LogP contribution in [0.2, 0.25) is 0 Å². The Bertz CT molecular complexity index is 731. The van der Waals surface area contributed by atoms with Crippen molar-refractivity contribution in [3.05, 3.63) is 40.5 Å². The molecule has 3 rings (SSSR count). The Hall–Kier alpha value is -1.82. The van der Waals surface area contributed by atoms with Crippen LogP contribution in [0, 0.1) is 0 Å². The van der Waals surface area contributed by atoms with Gasteiger partial charge in [-0.15, -0.1) is 0 Å². The third-order valence-corrected chi connectivity index (χ3v) is 3.48. The predicted octanol–water partition coefficient (Wildman–Crippen LogP) is 2.98. The summed E-state index contributed by atoms with van der Waals surface area (Å²) in [4.78, 5) is 8.58. The second kappa shape index (κ2) is 4.70. The number of benzene rings is 1. The zero-order chi connectivity index (χ0) is 13.4. The summed E-state index contributed by atoms with van der Waals surface area (Å²) < 4.78 is 8.50. The van der Waals surface area contributed by atoms with Crippen molar-refractivity contribution >= 4 is 32.9 Å². The standard InChI is InChI=1S/C13H13BrN4O/c1-2-9-6-16-12(19-9)7-18-11-5-8(14)3-4-10(11)17-13(18)15/h3-6H,2,7H2,1H3,(H2,15,17). The number of hydrogen-bond donors (Lipinski definition) is 1. The number of imidazole rings is 1. The molecule has 98 valence electrons. The Morgan fingerprint density at radius 1 is 1.42 bits per heavy atom. The fourth-order valence-electron chi connectivity index (χ4n) is 2.00. The lowest BCUT2D eigenvalue weighted by Gasteiger charge is -2.03. The van der Waals surface area contributed by atoms with Crippen LogP contribution in [0.3, 0.4) is 0 Å². The molecular formula is C13H13BrN4O. The molecule has 0 aliphatic carbocycles. The van der Waals surface area contributed by atoms with E-state index in [0.29, 0.717) is 18.4 Å². The molecule has 0 atom stereocenters. The molecule has 0 bridgehead atoms. The van der Waals surface area contributed by atoms with Crippen LogP contribution in [0.25, 0.3) is 11.0 Å². The van der Waals surface area contributed by atoms with Crippen molar-refractivity contribution in [1.29, 1.82) is 0 Å². The van der Waals surface area contributed by atoms with Crippen molar-refractivity contribution in [2.75, 3.05) is 5.73 Å². The van der Waals surface area contributed by atoms with Crippen LogP contribution in [0.4, 0.5) is 5.95 Å². The summed E-state index contributed by atoms with van der Waals surface area (Å²) in [5.41, 5.74) is 7.78. The molecule has 0 aliphatic rings. The molecule has 2 heterocycles. The monoisotopic (exact) mass is 320 g/mol. The third kappa shape index (κ3) is 2.23. The van der Waals surface area contributed by atoms with Crippen molar-refractivity contribution in [2.45, 2.75) is 19.9 Å². The molecule has 0 fully saturated rings. The molecule has 6 heteroatoms. The Balaban J connectivity index is 2.04. The summed E-state index contributed by atoms with van der Waals surface area (Å²) >= 11 is 3.46. The lowest BCUT2D eigenvalue weighted by atomic mass is 10.3. The number of nitrogens with two attached hydrogens (primary N) is 1. The van der Waals surface area contributed by atoms with Gasteiger partial charge in [0.25, 0.3) is 0 Å². The summed E-state index contributed by atoms with van der Waals surface area (Å²) in [7, 11) is 0. The first-order valence-corrected chi connectivity index (χ1v) is 6.81. The zero-order valence-corrected chi connectivity index (χ0v) is 12.0. The van der Waals surface area contributed by atoms with Crippen LogP contribution >= 0.6 is 15.9 Å². The van der Waals surface area contributed by atoms with E-state index in [-0.39, 0.29) is 0 Å². The molecule has 0 aliphatic heterocycles. The van der Waals surface area contributed by atoms with Gasteiger partial charge in [-0.05, 0) is 18.2 Å². The normalized spacial score (nSPS) is 11.3. The maximum absolute atomic E-state index is 5.96. The summed E-state index contributed by atoms with van der Waals surface area (Å²) in [6.07, 6.45) is 2.58. The Kier molecular flexibility index (Phi) is 3.02. The van der Waals surface area contributed by atoms with Gasteiger partial charge >= 0.3 is 0 Å². The minimum Gasteiger partial charge on any atom is -0.444 e. The lowest BCUT2D eigenvalue weighted by Crippen LogP contribution is -2.04. The van der Waals surface area contributed by atoms with Gasteiger partial charge in [0.15, 0.2) is 0 Å². The molecule has 0 spiro atoms. The fraction of sp³-hybridized carbons (Fsp3) is 0.231. The molecule has 1 aromatic carbocycles. The van der Waals surface area contributed by atoms with Gasteiger partial charge in [0.05, 0.1) is 17.2 Å². The molecule has 5 nitrogen and oxygen atoms in total. The van der Waals surface area contributed by atoms with Gasteiger partial charge in [0, 0.05) is 10.9 Å². The van der Waals surface area contributed by atoms with Crippen LogP contribution < -0.4 is 5.73 Å². The first-order chi connectivity index (χ1) is 9.17. The molecule has 19 heavy (non-hydrogen) atoms. The van der Waals surface area contributed by atoms with Crippen LogP contribution in [0.15, 0.2) is 33.3 Å². The number of halogens is 1. The smallest absolute Gasteiger partial charge is 0.214 e. The summed E-state index contributed by atoms with van der Waals surface area (Å²) in [5, 5.41) is 0. The van der Waals surface area contributed by atoms with Gasteiger partial charge in [-0.2, -0.15) is 0 Å². The zero-order valence-electron chi connectivity index (χ0n) is 10.4. The van der Waals surface area contributed by atoms with Gasteiger partial charge < -0.3 is 14.7 Å². The molecule has 0 radical (unpaired) electrons. The van der Waals surface area contributed by atoms with Crippen LogP contribution in [-0.2, 0) is 13.0 Å². The van der Waals surface area contributed by atoms with Crippen LogP contribution in [0.5, 0.6) is 0 Å². The highest BCUT2D eigenvalue weighted by atomic mass is 79.9. The molecule has 0 amide bonds. The van der Waals surface area contributed by atoms with E-state index in [1.54, 1.807) is 6.20 Å². The number of nitrogen functional groups attached to an aromatic ring is 1. The highest BCUT2D eigenvalue weighted by Gasteiger charge is 2.11. The topological polar surface area (TPSA) is 69.9 Å². The second-order valence-corrected chi connectivity index (χ2v) is 5.18. The van der Waals surface area contributed by atoms with Gasteiger partial charge in [-0.3, -0.25) is 0 Å².